The third-order valence-electron chi connectivity index (χ3n) is 0.555. The first kappa shape index (κ1) is 15.7. The summed E-state index contributed by atoms with van der Waals surface area (Å²) in [6.07, 6.45) is -5.62. The molecule has 0 amide bonds. The first-order valence-corrected chi connectivity index (χ1v) is 3.61. The molecule has 0 aliphatic rings. The maximum absolute atomic E-state index is 11.2. The van der Waals surface area contributed by atoms with Gasteiger partial charge in [-0.1, -0.05) is 0 Å². The van der Waals surface area contributed by atoms with E-state index in [0.29, 0.717) is 0 Å². The van der Waals surface area contributed by atoms with E-state index < -0.39 is 26.6 Å². The fourth-order valence-electron chi connectivity index (χ4n) is 0.210. The molecule has 0 aromatic carbocycles. The Labute approximate surface area is 85.6 Å². The minimum absolute atomic E-state index is 0. The van der Waals surface area contributed by atoms with E-state index in [2.05, 4.69) is 0 Å². The van der Waals surface area contributed by atoms with Gasteiger partial charge in [-0.25, -0.2) is 8.42 Å². The summed E-state index contributed by atoms with van der Waals surface area (Å²) in [5.41, 5.74) is -5.96. The quantitative estimate of drug-likeness (QED) is 0.446. The molecule has 82 valence electrons. The Morgan fingerprint density at radius 3 is 1.31 bits per heavy atom. The fraction of sp³-hybridized carbons (Fsp3) is 1.00. The highest BCUT2D eigenvalue weighted by molar-refractivity contribution is 14.0. The lowest BCUT2D eigenvalue weighted by atomic mass is 11.3. The molecule has 0 bridgehead atoms. The molecule has 0 aliphatic carbocycles. The van der Waals surface area contributed by atoms with Crippen LogP contribution in [0.25, 0.3) is 0 Å². The van der Waals surface area contributed by atoms with Crippen molar-refractivity contribution < 1.29 is 34.8 Å². The standard InChI is InChI=1S/C2HF6NO2S.HI/c3-1(4,5)9-12(10,11)2(6,7)8;/h9H;1H. The average molecular weight is 345 g/mol. The zero-order valence-corrected chi connectivity index (χ0v) is 8.55. The molecule has 13 heavy (non-hydrogen) atoms. The molecule has 0 saturated carbocycles. The summed E-state index contributed by atoms with van der Waals surface area (Å²) in [5.74, 6) is 0. The molecule has 1 N–H and O–H groups in total. The molecule has 0 fully saturated rings. The van der Waals surface area contributed by atoms with Gasteiger partial charge in [-0.15, -0.1) is 28.7 Å². The van der Waals surface area contributed by atoms with Gasteiger partial charge in [-0.05, 0) is 0 Å². The highest BCUT2D eigenvalue weighted by Gasteiger charge is 2.51. The van der Waals surface area contributed by atoms with Crippen molar-refractivity contribution in [1.29, 1.82) is 0 Å². The molecule has 11 heteroatoms. The number of alkyl halides is 6. The summed E-state index contributed by atoms with van der Waals surface area (Å²) in [4.78, 5) is 0. The smallest absolute Gasteiger partial charge is 0.203 e. The zero-order chi connectivity index (χ0) is 10.2. The Kier molecular flexibility index (Phi) is 5.02. The highest BCUT2D eigenvalue weighted by Crippen LogP contribution is 2.25. The zero-order valence-electron chi connectivity index (χ0n) is 5.40. The maximum atomic E-state index is 11.2. The second kappa shape index (κ2) is 4.16. The van der Waals surface area contributed by atoms with Crippen molar-refractivity contribution in [3.63, 3.8) is 0 Å². The first-order chi connectivity index (χ1) is 4.96. The van der Waals surface area contributed by atoms with Gasteiger partial charge in [0.2, 0.25) is 0 Å². The molecule has 0 spiro atoms. The molecular weight excluding hydrogens is 343 g/mol. The molecule has 0 radical (unpaired) electrons. The third-order valence-corrected chi connectivity index (χ3v) is 1.66. The van der Waals surface area contributed by atoms with E-state index in [0.717, 1.165) is 0 Å². The summed E-state index contributed by atoms with van der Waals surface area (Å²) in [6, 6.07) is 0. The second-order valence-corrected chi connectivity index (χ2v) is 3.22. The van der Waals surface area contributed by atoms with Gasteiger partial charge >= 0.3 is 21.8 Å². The van der Waals surface area contributed by atoms with Crippen LogP contribution >= 0.6 is 24.0 Å². The van der Waals surface area contributed by atoms with Gasteiger partial charge < -0.3 is 0 Å². The molecule has 0 aromatic rings. The predicted octanol–water partition coefficient (Wildman–Crippen LogP) is 1.56. The number of sulfonamides is 1. The maximum Gasteiger partial charge on any atom is 0.511 e. The summed E-state index contributed by atoms with van der Waals surface area (Å²) in [6.45, 7) is 0. The van der Waals surface area contributed by atoms with Gasteiger partial charge in [0.25, 0.3) is 0 Å². The molecule has 0 unspecified atom stereocenters. The van der Waals surface area contributed by atoms with Gasteiger partial charge in [-0.2, -0.15) is 26.3 Å². The molecule has 0 heterocycles. The summed E-state index contributed by atoms with van der Waals surface area (Å²) in [5, 5.41) is 0. The SMILES string of the molecule is I.O=S(=O)(NC(F)(F)F)C(F)(F)F. The van der Waals surface area contributed by atoms with Crippen molar-refractivity contribution in [3.8, 4) is 0 Å². The molecule has 3 nitrogen and oxygen atoms in total. The Morgan fingerprint density at radius 1 is 0.923 bits per heavy atom. The number of rotatable bonds is 1. The van der Waals surface area contributed by atoms with Crippen molar-refractivity contribution in [2.75, 3.05) is 0 Å². The minimum atomic E-state index is -6.33. The molecule has 0 saturated heterocycles. The molecule has 0 aliphatic heterocycles. The predicted molar refractivity (Wildman–Crippen MR) is 39.6 cm³/mol. The second-order valence-electron chi connectivity index (χ2n) is 1.55. The topological polar surface area (TPSA) is 46.2 Å². The van der Waals surface area contributed by atoms with Crippen molar-refractivity contribution >= 4 is 34.0 Å². The monoisotopic (exact) mass is 345 g/mol. The number of hydrogen-bond acceptors (Lipinski definition) is 2. The molecule has 0 aromatic heterocycles. The lowest BCUT2D eigenvalue weighted by Crippen LogP contribution is -2.44. The molecule has 0 rings (SSSR count). The summed E-state index contributed by atoms with van der Waals surface area (Å²) >= 11 is 0. The van der Waals surface area contributed by atoms with Crippen LogP contribution < -0.4 is 4.72 Å². The van der Waals surface area contributed by atoms with Crippen LogP contribution in [0.1, 0.15) is 0 Å². The van der Waals surface area contributed by atoms with Crippen molar-refractivity contribution in [2.45, 2.75) is 11.8 Å². The lowest BCUT2D eigenvalue weighted by molar-refractivity contribution is -0.143. The van der Waals surface area contributed by atoms with Crippen LogP contribution in [0.2, 0.25) is 0 Å². The van der Waals surface area contributed by atoms with E-state index in [1.165, 1.54) is 0 Å². The third kappa shape index (κ3) is 5.51. The summed E-state index contributed by atoms with van der Waals surface area (Å²) in [7, 11) is -6.33. The van der Waals surface area contributed by atoms with Gasteiger partial charge in [0.15, 0.2) is 0 Å². The Bertz CT molecular complexity index is 253. The van der Waals surface area contributed by atoms with Gasteiger partial charge in [0.1, 0.15) is 0 Å². The minimum Gasteiger partial charge on any atom is -0.203 e. The van der Waals surface area contributed by atoms with Crippen LogP contribution in [0.3, 0.4) is 0 Å². The van der Waals surface area contributed by atoms with E-state index in [1.807, 2.05) is 0 Å². The highest BCUT2D eigenvalue weighted by atomic mass is 127. The van der Waals surface area contributed by atoms with E-state index >= 15 is 0 Å². The van der Waals surface area contributed by atoms with Crippen LogP contribution in [-0.2, 0) is 10.0 Å². The number of nitrogens with one attached hydrogen (secondary N) is 1. The van der Waals surface area contributed by atoms with Crippen LogP contribution in [0.15, 0.2) is 0 Å². The Morgan fingerprint density at radius 2 is 1.23 bits per heavy atom. The Hall–Kier alpha value is 0.220. The van der Waals surface area contributed by atoms with E-state index in [-0.39, 0.29) is 24.0 Å². The van der Waals surface area contributed by atoms with E-state index in [4.69, 9.17) is 0 Å². The van der Waals surface area contributed by atoms with Gasteiger partial charge in [0, 0.05) is 0 Å². The van der Waals surface area contributed by atoms with Crippen LogP contribution in [-0.4, -0.2) is 20.2 Å². The van der Waals surface area contributed by atoms with Crippen molar-refractivity contribution in [3.05, 3.63) is 0 Å². The van der Waals surface area contributed by atoms with Gasteiger partial charge in [-0.3, -0.25) is 0 Å². The number of hydrogen-bond donors (Lipinski definition) is 1. The van der Waals surface area contributed by atoms with Crippen molar-refractivity contribution in [2.24, 2.45) is 0 Å². The molecule has 0 atom stereocenters. The van der Waals surface area contributed by atoms with Crippen LogP contribution in [0.5, 0.6) is 0 Å². The summed E-state index contributed by atoms with van der Waals surface area (Å²) < 4.78 is 85.8. The Balaban J connectivity index is 0. The van der Waals surface area contributed by atoms with Gasteiger partial charge in [0.05, 0.1) is 0 Å². The van der Waals surface area contributed by atoms with Crippen LogP contribution in [0.4, 0.5) is 26.3 Å². The lowest BCUT2D eigenvalue weighted by Gasteiger charge is -2.10. The number of halogens is 7. The fourth-order valence-corrected chi connectivity index (χ4v) is 0.631. The van der Waals surface area contributed by atoms with Crippen LogP contribution in [0, 0.1) is 0 Å². The molecular formula is C2H2F6INO2S. The average Bonchev–Trinajstić information content (AvgIpc) is 1.52. The first-order valence-electron chi connectivity index (χ1n) is 2.13. The largest absolute Gasteiger partial charge is 0.511 e. The van der Waals surface area contributed by atoms with E-state index in [9.17, 15) is 34.8 Å². The van der Waals surface area contributed by atoms with E-state index in [1.54, 1.807) is 0 Å². The normalized spacial score (nSPS) is 13.7. The van der Waals surface area contributed by atoms with Crippen molar-refractivity contribution in [1.82, 2.24) is 4.72 Å².